The van der Waals surface area contributed by atoms with Crippen LogP contribution in [0, 0.1) is 6.92 Å². The number of hydrogen-bond acceptors (Lipinski definition) is 6. The van der Waals surface area contributed by atoms with E-state index in [2.05, 4.69) is 25.5 Å². The second-order valence-corrected chi connectivity index (χ2v) is 4.30. The summed E-state index contributed by atoms with van der Waals surface area (Å²) in [6.45, 7) is 1.56. The first-order valence-corrected chi connectivity index (χ1v) is 5.48. The highest BCUT2D eigenvalue weighted by atomic mass is 32.1. The van der Waals surface area contributed by atoms with Gasteiger partial charge >= 0.3 is 0 Å². The summed E-state index contributed by atoms with van der Waals surface area (Å²) in [7, 11) is 0. The Kier molecular flexibility index (Phi) is 1.95. The predicted octanol–water partition coefficient (Wildman–Crippen LogP) is -0.462. The third-order valence-electron chi connectivity index (χ3n) is 2.22. The molecule has 3 heterocycles. The van der Waals surface area contributed by atoms with Crippen LogP contribution in [-0.2, 0) is 0 Å². The Morgan fingerprint density at radius 1 is 1.35 bits per heavy atom. The van der Waals surface area contributed by atoms with Gasteiger partial charge in [-0.2, -0.15) is 9.61 Å². The van der Waals surface area contributed by atoms with Crippen LogP contribution < -0.4 is 11.1 Å². The second-order valence-electron chi connectivity index (χ2n) is 3.35. The summed E-state index contributed by atoms with van der Waals surface area (Å²) in [5.41, 5.74) is 0.0196. The number of fused-ring (bicyclic) bond motifs is 1. The molecule has 0 amide bonds. The Labute approximate surface area is 96.9 Å². The van der Waals surface area contributed by atoms with E-state index < -0.39 is 0 Å². The largest absolute Gasteiger partial charge is 0.305 e. The van der Waals surface area contributed by atoms with Crippen molar-refractivity contribution in [2.24, 2.45) is 0 Å². The van der Waals surface area contributed by atoms with Crippen molar-refractivity contribution in [3.63, 3.8) is 0 Å². The minimum absolute atomic E-state index is 0.266. The number of nitrogens with zero attached hydrogens (tertiary/aromatic N) is 4. The van der Waals surface area contributed by atoms with E-state index in [9.17, 15) is 9.59 Å². The average Bonchev–Trinajstić information content (AvgIpc) is 2.89. The Bertz CT molecular complexity index is 809. The molecule has 3 rings (SSSR count). The molecule has 0 radical (unpaired) electrons. The fraction of sp³-hybridized carbons (Fsp3) is 0.125. The maximum absolute atomic E-state index is 11.7. The topological polar surface area (TPSA) is 109 Å². The molecule has 0 aromatic carbocycles. The third kappa shape index (κ3) is 1.40. The van der Waals surface area contributed by atoms with Gasteiger partial charge in [-0.3, -0.25) is 14.7 Å². The molecule has 0 saturated heterocycles. The number of hydrogen-bond donors (Lipinski definition) is 2. The molecule has 0 spiro atoms. The second kappa shape index (κ2) is 3.35. The Balaban J connectivity index is 2.35. The van der Waals surface area contributed by atoms with Gasteiger partial charge in [-0.25, -0.2) is 0 Å². The Morgan fingerprint density at radius 3 is 2.88 bits per heavy atom. The number of aryl methyl sites for hydroxylation is 1. The van der Waals surface area contributed by atoms with E-state index in [-0.39, 0.29) is 16.8 Å². The van der Waals surface area contributed by atoms with Crippen LogP contribution in [0.15, 0.2) is 15.8 Å². The molecule has 0 atom stereocenters. The maximum atomic E-state index is 11.7. The number of aromatic amines is 2. The lowest BCUT2D eigenvalue weighted by molar-refractivity contribution is 0.829. The van der Waals surface area contributed by atoms with Gasteiger partial charge in [0, 0.05) is 6.20 Å². The first-order valence-electron chi connectivity index (χ1n) is 4.66. The van der Waals surface area contributed by atoms with Gasteiger partial charge in [0.05, 0.1) is 5.56 Å². The summed E-state index contributed by atoms with van der Waals surface area (Å²) in [6, 6.07) is 0. The van der Waals surface area contributed by atoms with E-state index in [4.69, 9.17) is 0 Å². The molecule has 0 bridgehead atoms. The van der Waals surface area contributed by atoms with E-state index in [1.54, 1.807) is 6.92 Å². The molecule has 86 valence electrons. The zero-order chi connectivity index (χ0) is 12.0. The van der Waals surface area contributed by atoms with Crippen LogP contribution in [0.2, 0.25) is 0 Å². The van der Waals surface area contributed by atoms with Crippen molar-refractivity contribution >= 4 is 16.3 Å². The van der Waals surface area contributed by atoms with Crippen molar-refractivity contribution in [1.82, 2.24) is 30.0 Å². The van der Waals surface area contributed by atoms with Gasteiger partial charge in [0.15, 0.2) is 5.01 Å². The van der Waals surface area contributed by atoms with E-state index in [0.717, 1.165) is 15.9 Å². The van der Waals surface area contributed by atoms with Crippen LogP contribution in [-0.4, -0.2) is 30.0 Å². The monoisotopic (exact) mass is 250 g/mol. The summed E-state index contributed by atoms with van der Waals surface area (Å²) in [5.74, 6) is 0. The first-order chi connectivity index (χ1) is 8.16. The average molecular weight is 250 g/mol. The number of nitrogens with one attached hydrogen (secondary N) is 2. The SMILES string of the molecule is Cc1nnc2sc(-c3c[nH][nH]c3=O)nn2c1=O. The molecule has 0 aliphatic carbocycles. The lowest BCUT2D eigenvalue weighted by Crippen LogP contribution is -2.19. The molecular formula is C8H6N6O2S. The van der Waals surface area contributed by atoms with Crippen molar-refractivity contribution in [3.05, 3.63) is 32.6 Å². The normalized spacial score (nSPS) is 11.1. The third-order valence-corrected chi connectivity index (χ3v) is 3.16. The molecular weight excluding hydrogens is 244 g/mol. The highest BCUT2D eigenvalue weighted by Crippen LogP contribution is 2.19. The molecule has 0 saturated carbocycles. The lowest BCUT2D eigenvalue weighted by Gasteiger charge is -1.88. The van der Waals surface area contributed by atoms with Crippen LogP contribution in [0.4, 0.5) is 0 Å². The maximum Gasteiger partial charge on any atom is 0.296 e. The van der Waals surface area contributed by atoms with E-state index >= 15 is 0 Å². The highest BCUT2D eigenvalue weighted by molar-refractivity contribution is 7.19. The molecule has 9 heteroatoms. The zero-order valence-corrected chi connectivity index (χ0v) is 9.41. The lowest BCUT2D eigenvalue weighted by atomic mass is 10.4. The standard InChI is InChI=1S/C8H6N6O2S/c1-3-7(16)14-8(12-10-3)17-6(13-14)4-2-9-11-5(4)15/h2H,1H3,(H2,9,11,15). The van der Waals surface area contributed by atoms with Crippen molar-refractivity contribution in [3.8, 4) is 10.6 Å². The van der Waals surface area contributed by atoms with Gasteiger partial charge in [0.2, 0.25) is 4.96 Å². The minimum atomic E-state index is -0.329. The predicted molar refractivity (Wildman–Crippen MR) is 60.1 cm³/mol. The van der Waals surface area contributed by atoms with Gasteiger partial charge in [0.25, 0.3) is 11.1 Å². The molecule has 3 aromatic heterocycles. The van der Waals surface area contributed by atoms with E-state index in [0.29, 0.717) is 15.5 Å². The molecule has 0 unspecified atom stereocenters. The quantitative estimate of drug-likeness (QED) is 0.607. The number of rotatable bonds is 1. The molecule has 17 heavy (non-hydrogen) atoms. The van der Waals surface area contributed by atoms with E-state index in [1.165, 1.54) is 6.20 Å². The van der Waals surface area contributed by atoms with Gasteiger partial charge < -0.3 is 5.10 Å². The van der Waals surface area contributed by atoms with Crippen LogP contribution >= 0.6 is 11.3 Å². The summed E-state index contributed by atoms with van der Waals surface area (Å²) < 4.78 is 1.15. The first kappa shape index (κ1) is 9.90. The van der Waals surface area contributed by atoms with Gasteiger partial charge in [-0.1, -0.05) is 11.3 Å². The van der Waals surface area contributed by atoms with Gasteiger partial charge in [0.1, 0.15) is 5.69 Å². The fourth-order valence-electron chi connectivity index (χ4n) is 1.37. The molecule has 3 aromatic rings. The molecule has 2 N–H and O–H groups in total. The molecule has 8 nitrogen and oxygen atoms in total. The minimum Gasteiger partial charge on any atom is -0.305 e. The summed E-state index contributed by atoms with van der Waals surface area (Å²) in [5, 5.41) is 17.0. The van der Waals surface area contributed by atoms with Gasteiger partial charge in [-0.15, -0.1) is 10.2 Å². The van der Waals surface area contributed by atoms with Crippen molar-refractivity contribution in [1.29, 1.82) is 0 Å². The molecule has 0 aliphatic heterocycles. The summed E-state index contributed by atoms with van der Waals surface area (Å²) >= 11 is 1.13. The number of aromatic nitrogens is 6. The van der Waals surface area contributed by atoms with Crippen molar-refractivity contribution < 1.29 is 0 Å². The van der Waals surface area contributed by atoms with Gasteiger partial charge in [-0.05, 0) is 6.92 Å². The number of H-pyrrole nitrogens is 2. The van der Waals surface area contributed by atoms with Crippen LogP contribution in [0.1, 0.15) is 5.69 Å². The molecule has 0 aliphatic rings. The van der Waals surface area contributed by atoms with Crippen LogP contribution in [0.5, 0.6) is 0 Å². The summed E-state index contributed by atoms with van der Waals surface area (Å²) in [4.78, 5) is 23.5. The Morgan fingerprint density at radius 2 is 2.18 bits per heavy atom. The van der Waals surface area contributed by atoms with Crippen molar-refractivity contribution in [2.75, 3.05) is 0 Å². The van der Waals surface area contributed by atoms with Crippen LogP contribution in [0.25, 0.3) is 15.5 Å². The Hall–Kier alpha value is -2.29. The molecule has 0 fully saturated rings. The summed E-state index contributed by atoms with van der Waals surface area (Å²) in [6.07, 6.45) is 1.49. The van der Waals surface area contributed by atoms with Crippen molar-refractivity contribution in [2.45, 2.75) is 6.92 Å². The van der Waals surface area contributed by atoms with E-state index in [1.807, 2.05) is 0 Å². The smallest absolute Gasteiger partial charge is 0.296 e. The fourth-order valence-corrected chi connectivity index (χ4v) is 2.22. The zero-order valence-electron chi connectivity index (χ0n) is 8.59. The highest BCUT2D eigenvalue weighted by Gasteiger charge is 2.13. The van der Waals surface area contributed by atoms with Crippen LogP contribution in [0.3, 0.4) is 0 Å².